The van der Waals surface area contributed by atoms with E-state index in [1.807, 2.05) is 0 Å². The third-order valence-electron chi connectivity index (χ3n) is 4.24. The van der Waals surface area contributed by atoms with Gasteiger partial charge in [0.25, 0.3) is 0 Å². The van der Waals surface area contributed by atoms with Crippen molar-refractivity contribution in [2.24, 2.45) is 4.99 Å². The zero-order valence-corrected chi connectivity index (χ0v) is 19.1. The van der Waals surface area contributed by atoms with Crippen molar-refractivity contribution in [2.75, 3.05) is 40.0 Å². The lowest BCUT2D eigenvalue weighted by molar-refractivity contribution is 0.0676. The molecule has 6 nitrogen and oxygen atoms in total. The number of aryl methyl sites for hydroxylation is 1. The molecule has 0 bridgehead atoms. The molecular weight excluding hydrogens is 457 g/mol. The molecule has 1 saturated heterocycles. The number of guanidine groups is 1. The highest BCUT2D eigenvalue weighted by molar-refractivity contribution is 14.0. The van der Waals surface area contributed by atoms with Gasteiger partial charge in [0.05, 0.1) is 12.6 Å². The zero-order chi connectivity index (χ0) is 18.6. The lowest BCUT2D eigenvalue weighted by atomic mass is 10.1. The first-order chi connectivity index (χ1) is 12.7. The number of rotatable bonds is 10. The van der Waals surface area contributed by atoms with Crippen LogP contribution in [0.1, 0.15) is 37.3 Å². The van der Waals surface area contributed by atoms with E-state index in [-0.39, 0.29) is 30.1 Å². The van der Waals surface area contributed by atoms with Crippen molar-refractivity contribution in [3.63, 3.8) is 0 Å². The van der Waals surface area contributed by atoms with Crippen molar-refractivity contribution in [2.45, 2.75) is 45.8 Å². The van der Waals surface area contributed by atoms with Crippen LogP contribution in [0, 0.1) is 6.92 Å². The molecule has 2 N–H and O–H groups in total. The van der Waals surface area contributed by atoms with E-state index in [1.54, 1.807) is 7.11 Å². The van der Waals surface area contributed by atoms with Gasteiger partial charge in [0.1, 0.15) is 12.4 Å². The molecular formula is C20H34IN3O3. The zero-order valence-electron chi connectivity index (χ0n) is 16.8. The van der Waals surface area contributed by atoms with Gasteiger partial charge in [-0.05, 0) is 44.7 Å². The summed E-state index contributed by atoms with van der Waals surface area (Å²) < 4.78 is 16.8. The van der Waals surface area contributed by atoms with E-state index in [1.165, 1.54) is 5.56 Å². The Morgan fingerprint density at radius 1 is 1.33 bits per heavy atom. The van der Waals surface area contributed by atoms with Gasteiger partial charge < -0.3 is 24.8 Å². The summed E-state index contributed by atoms with van der Waals surface area (Å²) in [6.45, 7) is 8.56. The van der Waals surface area contributed by atoms with Crippen LogP contribution in [-0.2, 0) is 16.0 Å². The van der Waals surface area contributed by atoms with Crippen LogP contribution >= 0.6 is 24.0 Å². The number of hydrogen-bond donors (Lipinski definition) is 2. The Morgan fingerprint density at radius 2 is 2.19 bits per heavy atom. The molecule has 0 saturated carbocycles. The predicted octanol–water partition coefficient (Wildman–Crippen LogP) is 3.26. The normalized spacial score (nSPS) is 16.7. The van der Waals surface area contributed by atoms with Crippen molar-refractivity contribution in [3.8, 4) is 5.75 Å². The Bertz CT molecular complexity index is 563. The highest BCUT2D eigenvalue weighted by Gasteiger charge is 2.16. The Labute approximate surface area is 180 Å². The Balaban J connectivity index is 0.00000364. The average Bonchev–Trinajstić information content (AvgIpc) is 3.16. The topological polar surface area (TPSA) is 64.1 Å². The second-order valence-corrected chi connectivity index (χ2v) is 6.53. The van der Waals surface area contributed by atoms with Crippen molar-refractivity contribution >= 4 is 29.9 Å². The smallest absolute Gasteiger partial charge is 0.191 e. The number of benzene rings is 1. The monoisotopic (exact) mass is 491 g/mol. The first kappa shape index (κ1) is 24.0. The van der Waals surface area contributed by atoms with Gasteiger partial charge in [-0.1, -0.05) is 12.1 Å². The number of nitrogens with zero attached hydrogens (tertiary/aromatic N) is 1. The van der Waals surface area contributed by atoms with Crippen molar-refractivity contribution in [3.05, 3.63) is 29.3 Å². The summed E-state index contributed by atoms with van der Waals surface area (Å²) in [7, 11) is 1.72. The molecule has 1 fully saturated rings. The average molecular weight is 491 g/mol. The van der Waals surface area contributed by atoms with Crippen LogP contribution in [0.15, 0.2) is 23.2 Å². The number of ether oxygens (including phenoxy) is 3. The van der Waals surface area contributed by atoms with E-state index in [4.69, 9.17) is 19.2 Å². The molecule has 0 aliphatic carbocycles. The maximum absolute atomic E-state index is 6.06. The second kappa shape index (κ2) is 14.0. The highest BCUT2D eigenvalue weighted by atomic mass is 127. The van der Waals surface area contributed by atoms with Crippen LogP contribution < -0.4 is 15.4 Å². The maximum atomic E-state index is 6.06. The summed E-state index contributed by atoms with van der Waals surface area (Å²) in [5.74, 6) is 1.72. The quantitative estimate of drug-likeness (QED) is 0.228. The number of hydrogen-bond acceptors (Lipinski definition) is 4. The van der Waals surface area contributed by atoms with Gasteiger partial charge in [-0.2, -0.15) is 0 Å². The van der Waals surface area contributed by atoms with Crippen LogP contribution in [0.2, 0.25) is 0 Å². The van der Waals surface area contributed by atoms with Crippen molar-refractivity contribution in [1.82, 2.24) is 10.6 Å². The fourth-order valence-electron chi connectivity index (χ4n) is 2.81. The molecule has 1 aromatic rings. The van der Waals surface area contributed by atoms with E-state index < -0.39 is 0 Å². The maximum Gasteiger partial charge on any atom is 0.191 e. The molecule has 1 unspecified atom stereocenters. The molecule has 1 aromatic carbocycles. The summed E-state index contributed by atoms with van der Waals surface area (Å²) in [5.41, 5.74) is 2.27. The number of aliphatic imine (C=N–C) groups is 1. The fraction of sp³-hybridized carbons (Fsp3) is 0.650. The van der Waals surface area contributed by atoms with E-state index >= 15 is 0 Å². The third-order valence-corrected chi connectivity index (χ3v) is 4.24. The summed E-state index contributed by atoms with van der Waals surface area (Å²) in [6.07, 6.45) is 3.36. The van der Waals surface area contributed by atoms with Crippen LogP contribution in [-0.4, -0.2) is 52.1 Å². The van der Waals surface area contributed by atoms with Gasteiger partial charge in [-0.25, -0.2) is 4.99 Å². The highest BCUT2D eigenvalue weighted by Crippen LogP contribution is 2.23. The lowest BCUT2D eigenvalue weighted by Crippen LogP contribution is -2.38. The molecule has 27 heavy (non-hydrogen) atoms. The van der Waals surface area contributed by atoms with E-state index in [0.29, 0.717) is 13.2 Å². The molecule has 1 heterocycles. The van der Waals surface area contributed by atoms with Gasteiger partial charge in [-0.15, -0.1) is 24.0 Å². The minimum atomic E-state index is 0. The fourth-order valence-corrected chi connectivity index (χ4v) is 2.81. The molecule has 1 aliphatic heterocycles. The van der Waals surface area contributed by atoms with Gasteiger partial charge >= 0.3 is 0 Å². The second-order valence-electron chi connectivity index (χ2n) is 6.53. The lowest BCUT2D eigenvalue weighted by Gasteiger charge is -2.15. The molecule has 0 amide bonds. The molecule has 0 spiro atoms. The summed E-state index contributed by atoms with van der Waals surface area (Å²) >= 11 is 0. The summed E-state index contributed by atoms with van der Waals surface area (Å²) in [5, 5.41) is 6.61. The largest absolute Gasteiger partial charge is 0.491 e. The van der Waals surface area contributed by atoms with Crippen LogP contribution in [0.25, 0.3) is 0 Å². The SMILES string of the molecule is CCNC(=NCc1ccc(C)cc1OCC1CCCO1)NCCCOC.I. The van der Waals surface area contributed by atoms with Crippen molar-refractivity contribution < 1.29 is 14.2 Å². The molecule has 0 radical (unpaired) electrons. The predicted molar refractivity (Wildman–Crippen MR) is 120 cm³/mol. The van der Waals surface area contributed by atoms with E-state index in [9.17, 15) is 0 Å². The number of methoxy groups -OCH3 is 1. The van der Waals surface area contributed by atoms with Crippen LogP contribution in [0.5, 0.6) is 5.75 Å². The van der Waals surface area contributed by atoms with E-state index in [2.05, 4.69) is 42.7 Å². The number of halogens is 1. The van der Waals surface area contributed by atoms with Gasteiger partial charge in [0.15, 0.2) is 5.96 Å². The minimum absolute atomic E-state index is 0. The molecule has 1 aliphatic rings. The summed E-state index contributed by atoms with van der Waals surface area (Å²) in [4.78, 5) is 4.69. The number of nitrogens with one attached hydrogen (secondary N) is 2. The van der Waals surface area contributed by atoms with Gasteiger partial charge in [-0.3, -0.25) is 0 Å². The Hall–Kier alpha value is -1.06. The molecule has 2 rings (SSSR count). The Kier molecular flexibility index (Phi) is 12.4. The summed E-state index contributed by atoms with van der Waals surface area (Å²) in [6, 6.07) is 6.28. The first-order valence-electron chi connectivity index (χ1n) is 9.58. The first-order valence-corrected chi connectivity index (χ1v) is 9.58. The van der Waals surface area contributed by atoms with Gasteiger partial charge in [0, 0.05) is 39.0 Å². The van der Waals surface area contributed by atoms with Crippen LogP contribution in [0.3, 0.4) is 0 Å². The van der Waals surface area contributed by atoms with E-state index in [0.717, 1.165) is 62.8 Å². The van der Waals surface area contributed by atoms with Gasteiger partial charge in [0.2, 0.25) is 0 Å². The van der Waals surface area contributed by atoms with Crippen LogP contribution in [0.4, 0.5) is 0 Å². The molecule has 154 valence electrons. The molecule has 7 heteroatoms. The Morgan fingerprint density at radius 3 is 2.89 bits per heavy atom. The molecule has 0 aromatic heterocycles. The van der Waals surface area contributed by atoms with Crippen molar-refractivity contribution in [1.29, 1.82) is 0 Å². The minimum Gasteiger partial charge on any atom is -0.491 e. The standard InChI is InChI=1S/C20H33N3O3.HI/c1-4-21-20(22-10-6-11-24-3)23-14-17-9-8-16(2)13-19(17)26-15-18-7-5-12-25-18;/h8-9,13,18H,4-7,10-12,14-15H2,1-3H3,(H2,21,22,23);1H. The third kappa shape index (κ3) is 9.12. The molecule has 1 atom stereocenters.